The molecule has 0 aliphatic carbocycles. The lowest BCUT2D eigenvalue weighted by atomic mass is 10.0. The summed E-state index contributed by atoms with van der Waals surface area (Å²) >= 11 is 0. The van der Waals surface area contributed by atoms with E-state index < -0.39 is 6.10 Å². The Bertz CT molecular complexity index is 1340. The number of carbonyl (C=O) groups is 3. The van der Waals surface area contributed by atoms with Gasteiger partial charge in [-0.15, -0.1) is 0 Å². The average molecular weight is 1010 g/mol. The highest BCUT2D eigenvalue weighted by molar-refractivity contribution is 5.71. The predicted molar refractivity (Wildman–Crippen MR) is 311 cm³/mol. The quantitative estimate of drug-likeness (QED) is 0.0261. The van der Waals surface area contributed by atoms with Gasteiger partial charge in [0, 0.05) is 19.3 Å². The van der Waals surface area contributed by atoms with Gasteiger partial charge in [-0.25, -0.2) is 0 Å². The number of hydrogen-bond donors (Lipinski definition) is 0. The zero-order chi connectivity index (χ0) is 52.2. The predicted octanol–water partition coefficient (Wildman–Crippen LogP) is 20.9. The SMILES string of the molecule is CC/C=C\C/C=C\C/C=C\C/C=C\CCCCCCCCCCC(=O)OCC(COC(=O)CCCCCCCCCCCCCCCCCC)OC(=O)CCCCCCCCC/C=C\C/C=C\CCCCC. The Morgan fingerprint density at radius 2 is 0.542 bits per heavy atom. The lowest BCUT2D eigenvalue weighted by Gasteiger charge is -2.18. The minimum absolute atomic E-state index is 0.0783. The number of carbonyl (C=O) groups excluding carboxylic acids is 3. The molecule has 0 aromatic heterocycles. The van der Waals surface area contributed by atoms with Gasteiger partial charge >= 0.3 is 17.9 Å². The summed E-state index contributed by atoms with van der Waals surface area (Å²) < 4.78 is 16.9. The second-order valence-electron chi connectivity index (χ2n) is 20.6. The average Bonchev–Trinajstić information content (AvgIpc) is 3.38. The van der Waals surface area contributed by atoms with E-state index in [1.54, 1.807) is 0 Å². The maximum absolute atomic E-state index is 12.9. The van der Waals surface area contributed by atoms with Gasteiger partial charge in [0.1, 0.15) is 13.2 Å². The fourth-order valence-corrected chi connectivity index (χ4v) is 8.82. The van der Waals surface area contributed by atoms with Crippen molar-refractivity contribution in [2.75, 3.05) is 13.2 Å². The van der Waals surface area contributed by atoms with Crippen molar-refractivity contribution >= 4 is 17.9 Å². The van der Waals surface area contributed by atoms with Gasteiger partial charge in [0.25, 0.3) is 0 Å². The van der Waals surface area contributed by atoms with E-state index in [4.69, 9.17) is 14.2 Å². The van der Waals surface area contributed by atoms with Crippen LogP contribution >= 0.6 is 0 Å². The molecule has 1 atom stereocenters. The highest BCUT2D eigenvalue weighted by Gasteiger charge is 2.19. The van der Waals surface area contributed by atoms with Crippen molar-refractivity contribution < 1.29 is 28.6 Å². The number of ether oxygens (including phenoxy) is 3. The molecule has 6 heteroatoms. The van der Waals surface area contributed by atoms with Gasteiger partial charge in [0.15, 0.2) is 6.10 Å². The van der Waals surface area contributed by atoms with E-state index in [2.05, 4.69) is 93.7 Å². The van der Waals surface area contributed by atoms with Gasteiger partial charge in [-0.1, -0.05) is 273 Å². The molecule has 0 aromatic rings. The van der Waals surface area contributed by atoms with Crippen molar-refractivity contribution in [1.29, 1.82) is 0 Å². The summed E-state index contributed by atoms with van der Waals surface area (Å²) in [5, 5.41) is 0. The first kappa shape index (κ1) is 68.8. The van der Waals surface area contributed by atoms with E-state index in [1.807, 2.05) is 0 Å². The fourth-order valence-electron chi connectivity index (χ4n) is 8.82. The molecule has 0 saturated heterocycles. The van der Waals surface area contributed by atoms with Gasteiger partial charge in [0.05, 0.1) is 0 Å². The molecule has 0 heterocycles. The minimum Gasteiger partial charge on any atom is -0.462 e. The van der Waals surface area contributed by atoms with E-state index in [9.17, 15) is 14.4 Å². The summed E-state index contributed by atoms with van der Waals surface area (Å²) in [7, 11) is 0. The first-order chi connectivity index (χ1) is 35.5. The van der Waals surface area contributed by atoms with Crippen LogP contribution in [0.2, 0.25) is 0 Å². The lowest BCUT2D eigenvalue weighted by molar-refractivity contribution is -0.167. The number of rotatable bonds is 56. The zero-order valence-electron chi connectivity index (χ0n) is 47.7. The second kappa shape index (κ2) is 60.4. The van der Waals surface area contributed by atoms with Crippen LogP contribution in [0.3, 0.4) is 0 Å². The van der Waals surface area contributed by atoms with Crippen molar-refractivity contribution in [2.45, 2.75) is 316 Å². The summed E-state index contributed by atoms with van der Waals surface area (Å²) in [6.45, 7) is 6.53. The van der Waals surface area contributed by atoms with Gasteiger partial charge in [0.2, 0.25) is 0 Å². The summed E-state index contributed by atoms with van der Waals surface area (Å²) in [4.78, 5) is 38.3. The lowest BCUT2D eigenvalue weighted by Crippen LogP contribution is -2.30. The fraction of sp³-hybridized carbons (Fsp3) is 0.773. The van der Waals surface area contributed by atoms with Crippen molar-refractivity contribution in [3.8, 4) is 0 Å². The smallest absolute Gasteiger partial charge is 0.306 e. The topological polar surface area (TPSA) is 78.9 Å². The molecule has 416 valence electrons. The molecule has 0 N–H and O–H groups in total. The molecule has 0 aliphatic heterocycles. The van der Waals surface area contributed by atoms with E-state index in [1.165, 1.54) is 167 Å². The van der Waals surface area contributed by atoms with Crippen LogP contribution in [0.15, 0.2) is 72.9 Å². The maximum atomic E-state index is 12.9. The van der Waals surface area contributed by atoms with Gasteiger partial charge in [-0.05, 0) is 89.9 Å². The molecular formula is C66H116O6. The van der Waals surface area contributed by atoms with Crippen LogP contribution in [0.4, 0.5) is 0 Å². The molecule has 72 heavy (non-hydrogen) atoms. The van der Waals surface area contributed by atoms with E-state index in [-0.39, 0.29) is 31.1 Å². The first-order valence-electron chi connectivity index (χ1n) is 30.9. The van der Waals surface area contributed by atoms with Crippen LogP contribution in [0.5, 0.6) is 0 Å². The van der Waals surface area contributed by atoms with E-state index >= 15 is 0 Å². The second-order valence-corrected chi connectivity index (χ2v) is 20.6. The van der Waals surface area contributed by atoms with Crippen LogP contribution in [0, 0.1) is 0 Å². The Kier molecular flexibility index (Phi) is 57.8. The van der Waals surface area contributed by atoms with Crippen LogP contribution in [-0.2, 0) is 28.6 Å². The molecule has 0 aromatic carbocycles. The molecule has 0 amide bonds. The number of unbranched alkanes of at least 4 members (excludes halogenated alkanes) is 33. The van der Waals surface area contributed by atoms with Crippen molar-refractivity contribution in [1.82, 2.24) is 0 Å². The molecule has 0 rings (SSSR count). The standard InChI is InChI=1S/C66H116O6/c1-4-7-10-13-16-19-22-25-28-31-32-33-34-36-38-41-44-47-50-53-56-59-65(68)71-62-63(61-70-64(67)58-55-52-49-46-43-40-37-30-27-24-21-18-15-12-9-6-3)72-66(69)60-57-54-51-48-45-42-39-35-29-26-23-20-17-14-11-8-5-2/h7,10,16-17,19-20,25-26,28-29,32-33,63H,4-6,8-9,11-15,18,21-24,27,30-31,34-62H2,1-3H3/b10-7-,19-16-,20-17-,28-25-,29-26-,33-32-. The van der Waals surface area contributed by atoms with Gasteiger partial charge in [-0.2, -0.15) is 0 Å². The third-order valence-electron chi connectivity index (χ3n) is 13.4. The normalized spacial score (nSPS) is 12.5. The zero-order valence-corrected chi connectivity index (χ0v) is 47.7. The summed E-state index contributed by atoms with van der Waals surface area (Å²) in [6, 6.07) is 0. The third-order valence-corrected chi connectivity index (χ3v) is 13.4. The molecule has 0 fully saturated rings. The molecule has 0 spiro atoms. The van der Waals surface area contributed by atoms with Gasteiger partial charge < -0.3 is 14.2 Å². The Morgan fingerprint density at radius 1 is 0.292 bits per heavy atom. The number of allylic oxidation sites excluding steroid dienone is 12. The molecule has 0 bridgehead atoms. The van der Waals surface area contributed by atoms with Crippen LogP contribution in [-0.4, -0.2) is 37.2 Å². The monoisotopic (exact) mass is 1000 g/mol. The Hall–Kier alpha value is -3.15. The number of hydrogen-bond acceptors (Lipinski definition) is 6. The van der Waals surface area contributed by atoms with E-state index in [0.717, 1.165) is 103 Å². The van der Waals surface area contributed by atoms with Crippen molar-refractivity contribution in [3.05, 3.63) is 72.9 Å². The molecule has 6 nitrogen and oxygen atoms in total. The van der Waals surface area contributed by atoms with Crippen LogP contribution in [0.25, 0.3) is 0 Å². The Balaban J connectivity index is 4.38. The molecule has 0 radical (unpaired) electrons. The van der Waals surface area contributed by atoms with Crippen LogP contribution in [0.1, 0.15) is 310 Å². The highest BCUT2D eigenvalue weighted by Crippen LogP contribution is 2.16. The Labute approximate surface area is 446 Å². The van der Waals surface area contributed by atoms with Crippen LogP contribution < -0.4 is 0 Å². The van der Waals surface area contributed by atoms with Crippen molar-refractivity contribution in [2.24, 2.45) is 0 Å². The van der Waals surface area contributed by atoms with E-state index in [0.29, 0.717) is 19.3 Å². The summed E-state index contributed by atoms with van der Waals surface area (Å²) in [6.07, 6.45) is 77.5. The molecule has 1 unspecified atom stereocenters. The van der Waals surface area contributed by atoms with Crippen molar-refractivity contribution in [3.63, 3.8) is 0 Å². The third kappa shape index (κ3) is 57.7. The summed E-state index contributed by atoms with van der Waals surface area (Å²) in [5.74, 6) is -0.880. The molecule has 0 saturated carbocycles. The minimum atomic E-state index is -0.782. The maximum Gasteiger partial charge on any atom is 0.306 e. The van der Waals surface area contributed by atoms with Gasteiger partial charge in [-0.3, -0.25) is 14.4 Å². The molecular weight excluding hydrogens is 889 g/mol. The largest absolute Gasteiger partial charge is 0.462 e. The Morgan fingerprint density at radius 3 is 0.875 bits per heavy atom. The highest BCUT2D eigenvalue weighted by atomic mass is 16.6. The molecule has 0 aliphatic rings. The number of esters is 3. The first-order valence-corrected chi connectivity index (χ1v) is 30.9. The summed E-state index contributed by atoms with van der Waals surface area (Å²) in [5.41, 5.74) is 0.